The average molecular weight is 533 g/mol. The van der Waals surface area contributed by atoms with Gasteiger partial charge in [-0.05, 0) is 66.6 Å². The molecule has 1 amide bonds. The molecule has 0 spiro atoms. The maximum absolute atomic E-state index is 13.8. The predicted octanol–water partition coefficient (Wildman–Crippen LogP) is 4.32. The molecule has 0 bridgehead atoms. The van der Waals surface area contributed by atoms with Gasteiger partial charge in [-0.25, -0.2) is 0 Å². The van der Waals surface area contributed by atoms with Gasteiger partial charge in [0.15, 0.2) is 5.17 Å². The number of aromatic nitrogens is 2. The van der Waals surface area contributed by atoms with Gasteiger partial charge in [0.2, 0.25) is 0 Å². The van der Waals surface area contributed by atoms with E-state index in [4.69, 9.17) is 5.11 Å². The van der Waals surface area contributed by atoms with Crippen molar-refractivity contribution in [2.24, 2.45) is 4.99 Å². The molecule has 1 aromatic heterocycles. The molecule has 12 heteroatoms. The summed E-state index contributed by atoms with van der Waals surface area (Å²) in [5, 5.41) is 24.3. The van der Waals surface area contributed by atoms with Crippen LogP contribution in [-0.2, 0) is 27.9 Å². The third kappa shape index (κ3) is 5.86. The van der Waals surface area contributed by atoms with Crippen LogP contribution in [0.2, 0.25) is 0 Å². The Bertz CT molecular complexity index is 1450. The Morgan fingerprint density at radius 2 is 1.92 bits per heavy atom. The number of aliphatic imine (C=N–C) groups is 1. The molecule has 4 rings (SSSR count). The number of benzene rings is 2. The number of carbonyl (C=O) groups is 2. The van der Waals surface area contributed by atoms with Crippen molar-refractivity contribution in [2.75, 3.05) is 13.6 Å². The summed E-state index contributed by atoms with van der Waals surface area (Å²) in [5.41, 5.74) is -0.820. The van der Waals surface area contributed by atoms with Gasteiger partial charge in [0, 0.05) is 12.4 Å². The largest absolute Gasteiger partial charge is 0.480 e. The Morgan fingerprint density at radius 1 is 1.19 bits per heavy atom. The van der Waals surface area contributed by atoms with Gasteiger partial charge in [-0.15, -0.1) is 0 Å². The first-order chi connectivity index (χ1) is 17.2. The predicted molar refractivity (Wildman–Crippen MR) is 134 cm³/mol. The molecule has 2 heterocycles. The number of carboxylic acid groups (broad SMARTS) is 1. The number of halogens is 3. The van der Waals surface area contributed by atoms with E-state index in [0.29, 0.717) is 21.4 Å². The molecule has 37 heavy (non-hydrogen) atoms. The van der Waals surface area contributed by atoms with Crippen LogP contribution in [0.15, 0.2) is 52.5 Å². The SMILES string of the molecule is CN(CC(=O)O)C1=NC(=O)C(=Cc2ccc3c(cnn3Cc3ccc(C(C)(C)O)cc3C(F)(F)F)c2)S1. The van der Waals surface area contributed by atoms with Gasteiger partial charge in [-0.1, -0.05) is 18.2 Å². The smallest absolute Gasteiger partial charge is 0.416 e. The number of rotatable bonds is 6. The summed E-state index contributed by atoms with van der Waals surface area (Å²) >= 11 is 1.06. The zero-order chi connectivity index (χ0) is 27.1. The van der Waals surface area contributed by atoms with Crippen molar-refractivity contribution in [3.8, 4) is 0 Å². The molecule has 194 valence electrons. The lowest BCUT2D eigenvalue weighted by Crippen LogP contribution is -2.29. The van der Waals surface area contributed by atoms with E-state index in [-0.39, 0.29) is 29.4 Å². The van der Waals surface area contributed by atoms with Gasteiger partial charge in [0.05, 0.1) is 34.3 Å². The summed E-state index contributed by atoms with van der Waals surface area (Å²) in [6, 6.07) is 8.95. The number of hydrogen-bond donors (Lipinski definition) is 2. The van der Waals surface area contributed by atoms with E-state index >= 15 is 0 Å². The highest BCUT2D eigenvalue weighted by atomic mass is 32.2. The molecule has 0 radical (unpaired) electrons. The number of aliphatic carboxylic acids is 1. The number of alkyl halides is 3. The van der Waals surface area contributed by atoms with E-state index in [0.717, 1.165) is 17.8 Å². The normalized spacial score (nSPS) is 15.5. The van der Waals surface area contributed by atoms with Crippen LogP contribution < -0.4 is 0 Å². The third-order valence-corrected chi connectivity index (χ3v) is 6.81. The second-order valence-corrected chi connectivity index (χ2v) is 10.1. The van der Waals surface area contributed by atoms with Crippen LogP contribution in [0, 0.1) is 0 Å². The number of carboxylic acids is 1. The summed E-state index contributed by atoms with van der Waals surface area (Å²) in [5.74, 6) is -1.53. The van der Waals surface area contributed by atoms with Crippen molar-refractivity contribution < 1.29 is 33.0 Å². The Labute approximate surface area is 214 Å². The van der Waals surface area contributed by atoms with E-state index in [9.17, 15) is 27.9 Å². The first kappa shape index (κ1) is 26.4. The molecule has 0 aliphatic carbocycles. The van der Waals surface area contributed by atoms with Crippen LogP contribution in [0.25, 0.3) is 17.0 Å². The van der Waals surface area contributed by atoms with Crippen LogP contribution in [0.1, 0.15) is 36.1 Å². The number of amides is 1. The summed E-state index contributed by atoms with van der Waals surface area (Å²) in [6.45, 7) is 2.42. The van der Waals surface area contributed by atoms with E-state index in [2.05, 4.69) is 10.1 Å². The highest BCUT2D eigenvalue weighted by Crippen LogP contribution is 2.36. The second kappa shape index (κ2) is 9.67. The number of carbonyl (C=O) groups excluding carboxylic acids is 1. The number of hydrogen-bond acceptors (Lipinski definition) is 6. The summed E-state index contributed by atoms with van der Waals surface area (Å²) < 4.78 is 42.8. The number of thioether (sulfide) groups is 1. The van der Waals surface area contributed by atoms with Crippen molar-refractivity contribution in [3.63, 3.8) is 0 Å². The molecule has 1 aliphatic rings. The molecular weight excluding hydrogens is 509 g/mol. The summed E-state index contributed by atoms with van der Waals surface area (Å²) in [7, 11) is 1.53. The molecule has 0 fully saturated rings. The molecule has 0 saturated heterocycles. The number of nitrogens with zero attached hydrogens (tertiary/aromatic N) is 4. The first-order valence-corrected chi connectivity index (χ1v) is 11.9. The van der Waals surface area contributed by atoms with Crippen LogP contribution >= 0.6 is 11.8 Å². The standard InChI is InChI=1S/C25H23F3N4O4S/c1-24(2,36)17-6-5-15(18(10-17)25(26,27)28)12-32-19-7-4-14(8-16(19)11-29-32)9-20-22(35)30-23(37-20)31(3)13-21(33)34/h4-11,36H,12-13H2,1-3H3,(H,33,34). The third-order valence-electron chi connectivity index (χ3n) is 5.71. The lowest BCUT2D eigenvalue weighted by molar-refractivity contribution is -0.138. The Kier molecular flexibility index (Phi) is 6.91. The molecule has 0 atom stereocenters. The summed E-state index contributed by atoms with van der Waals surface area (Å²) in [4.78, 5) is 28.8. The molecule has 2 aromatic carbocycles. The Balaban J connectivity index is 1.59. The zero-order valence-electron chi connectivity index (χ0n) is 20.1. The maximum atomic E-state index is 13.8. The van der Waals surface area contributed by atoms with Crippen LogP contribution in [0.3, 0.4) is 0 Å². The number of amidine groups is 1. The monoisotopic (exact) mass is 532 g/mol. The van der Waals surface area contributed by atoms with Crippen LogP contribution in [-0.4, -0.2) is 55.5 Å². The molecule has 3 aromatic rings. The van der Waals surface area contributed by atoms with Gasteiger partial charge in [0.25, 0.3) is 5.91 Å². The molecule has 8 nitrogen and oxygen atoms in total. The minimum Gasteiger partial charge on any atom is -0.480 e. The fourth-order valence-electron chi connectivity index (χ4n) is 3.82. The number of likely N-dealkylation sites (N-methyl/N-ethyl adjacent to an activating group) is 1. The van der Waals surface area contributed by atoms with Crippen LogP contribution in [0.5, 0.6) is 0 Å². The highest BCUT2D eigenvalue weighted by molar-refractivity contribution is 8.18. The van der Waals surface area contributed by atoms with Crippen molar-refractivity contribution >= 4 is 45.8 Å². The Morgan fingerprint density at radius 3 is 2.57 bits per heavy atom. The fourth-order valence-corrected chi connectivity index (χ4v) is 4.70. The van der Waals surface area contributed by atoms with Crippen molar-refractivity contribution in [1.82, 2.24) is 14.7 Å². The van der Waals surface area contributed by atoms with Gasteiger partial charge in [-0.2, -0.15) is 23.3 Å². The fraction of sp³-hybridized carbons (Fsp3) is 0.280. The van der Waals surface area contributed by atoms with Gasteiger partial charge < -0.3 is 15.1 Å². The average Bonchev–Trinajstić information content (AvgIpc) is 3.35. The topological polar surface area (TPSA) is 108 Å². The summed E-state index contributed by atoms with van der Waals surface area (Å²) in [6.07, 6.45) is -1.46. The molecule has 2 N–H and O–H groups in total. The maximum Gasteiger partial charge on any atom is 0.416 e. The number of aliphatic hydroxyl groups is 1. The molecule has 1 aliphatic heterocycles. The lowest BCUT2D eigenvalue weighted by atomic mass is 9.93. The van der Waals surface area contributed by atoms with E-state index in [1.54, 1.807) is 24.3 Å². The molecular formula is C25H23F3N4O4S. The quantitative estimate of drug-likeness (QED) is 0.456. The minimum atomic E-state index is -4.61. The Hall–Kier alpha value is -3.64. The highest BCUT2D eigenvalue weighted by Gasteiger charge is 2.35. The molecule has 0 saturated carbocycles. The number of fused-ring (bicyclic) bond motifs is 1. The van der Waals surface area contributed by atoms with Gasteiger partial charge >= 0.3 is 12.1 Å². The van der Waals surface area contributed by atoms with E-state index < -0.39 is 29.2 Å². The van der Waals surface area contributed by atoms with Crippen molar-refractivity contribution in [2.45, 2.75) is 32.2 Å². The second-order valence-electron chi connectivity index (χ2n) is 9.11. The van der Waals surface area contributed by atoms with Crippen LogP contribution in [0.4, 0.5) is 13.2 Å². The van der Waals surface area contributed by atoms with Crippen molar-refractivity contribution in [3.05, 3.63) is 69.8 Å². The van der Waals surface area contributed by atoms with E-state index in [1.165, 1.54) is 48.8 Å². The van der Waals surface area contributed by atoms with E-state index in [1.807, 2.05) is 0 Å². The minimum absolute atomic E-state index is 0.0137. The van der Waals surface area contributed by atoms with Gasteiger partial charge in [-0.3, -0.25) is 14.3 Å². The molecule has 0 unspecified atom stereocenters. The zero-order valence-corrected chi connectivity index (χ0v) is 20.9. The van der Waals surface area contributed by atoms with Crippen molar-refractivity contribution in [1.29, 1.82) is 0 Å². The lowest BCUT2D eigenvalue weighted by Gasteiger charge is -2.21. The first-order valence-electron chi connectivity index (χ1n) is 11.1. The van der Waals surface area contributed by atoms with Gasteiger partial charge in [0.1, 0.15) is 6.54 Å².